The van der Waals surface area contributed by atoms with Crippen LogP contribution >= 0.6 is 11.3 Å². The van der Waals surface area contributed by atoms with Crippen LogP contribution in [0.1, 0.15) is 18.7 Å². The molecule has 0 aliphatic heterocycles. The molecule has 0 aliphatic carbocycles. The monoisotopic (exact) mass is 213 g/mol. The van der Waals surface area contributed by atoms with E-state index in [0.717, 1.165) is 6.42 Å². The highest BCUT2D eigenvalue weighted by Crippen LogP contribution is 2.19. The lowest BCUT2D eigenvalue weighted by atomic mass is 9.91. The predicted octanol–water partition coefficient (Wildman–Crippen LogP) is 1.35. The van der Waals surface area contributed by atoms with E-state index in [9.17, 15) is 0 Å². The number of likely N-dealkylation sites (N-methyl/N-ethyl adjacent to an activating group) is 1. The lowest BCUT2D eigenvalue weighted by Crippen LogP contribution is -2.53. The fourth-order valence-corrected chi connectivity index (χ4v) is 1.80. The van der Waals surface area contributed by atoms with Crippen molar-refractivity contribution in [2.75, 3.05) is 14.1 Å². The third-order valence-corrected chi connectivity index (χ3v) is 3.77. The summed E-state index contributed by atoms with van der Waals surface area (Å²) in [6, 6.07) is 0.137. The Kier molecular flexibility index (Phi) is 3.64. The van der Waals surface area contributed by atoms with E-state index in [1.807, 2.05) is 11.7 Å². The van der Waals surface area contributed by atoms with Crippen LogP contribution in [-0.4, -0.2) is 35.6 Å². The van der Waals surface area contributed by atoms with Crippen molar-refractivity contribution >= 4 is 11.3 Å². The lowest BCUT2D eigenvalue weighted by molar-refractivity contribution is 0.158. The molecule has 1 heterocycles. The van der Waals surface area contributed by atoms with Crippen molar-refractivity contribution in [1.29, 1.82) is 0 Å². The Hall–Kier alpha value is -0.450. The minimum Gasteiger partial charge on any atom is -0.326 e. The number of hydrogen-bond acceptors (Lipinski definition) is 4. The second-order valence-electron chi connectivity index (χ2n) is 4.33. The number of nitrogens with two attached hydrogens (primary N) is 1. The van der Waals surface area contributed by atoms with E-state index in [1.165, 1.54) is 4.88 Å². The predicted molar refractivity (Wildman–Crippen MR) is 61.6 cm³/mol. The molecule has 1 atom stereocenters. The summed E-state index contributed by atoms with van der Waals surface area (Å²) in [6.07, 6.45) is 2.80. The zero-order valence-corrected chi connectivity index (χ0v) is 10.1. The quantitative estimate of drug-likeness (QED) is 0.821. The molecule has 1 aromatic heterocycles. The molecule has 0 spiro atoms. The van der Waals surface area contributed by atoms with Crippen LogP contribution < -0.4 is 5.73 Å². The molecule has 0 radical (unpaired) electrons. The standard InChI is InChI=1S/C10H19N3S/c1-10(2,13(3)4)9(11)5-8-6-12-7-14-8/h6-7,9H,5,11H2,1-4H3. The molecule has 0 amide bonds. The number of thiazole rings is 1. The third-order valence-electron chi connectivity index (χ3n) is 2.96. The fraction of sp³-hybridized carbons (Fsp3) is 0.700. The Balaban J connectivity index is 2.62. The minimum atomic E-state index is 0.0178. The van der Waals surface area contributed by atoms with Crippen LogP contribution in [0.25, 0.3) is 0 Å². The van der Waals surface area contributed by atoms with Crippen molar-refractivity contribution in [2.24, 2.45) is 5.73 Å². The molecular formula is C10H19N3S. The fourth-order valence-electron chi connectivity index (χ4n) is 1.14. The third kappa shape index (κ3) is 2.53. The molecule has 1 aromatic rings. The Bertz CT molecular complexity index is 267. The maximum Gasteiger partial charge on any atom is 0.0794 e. The second-order valence-corrected chi connectivity index (χ2v) is 5.30. The first-order chi connectivity index (χ1) is 6.44. The van der Waals surface area contributed by atoms with Gasteiger partial charge in [-0.25, -0.2) is 0 Å². The summed E-state index contributed by atoms with van der Waals surface area (Å²) in [6.45, 7) is 4.33. The highest BCUT2D eigenvalue weighted by atomic mass is 32.1. The van der Waals surface area contributed by atoms with Gasteiger partial charge in [-0.05, 0) is 27.9 Å². The molecule has 4 heteroatoms. The Morgan fingerprint density at radius 2 is 2.21 bits per heavy atom. The van der Waals surface area contributed by atoms with Crippen LogP contribution in [-0.2, 0) is 6.42 Å². The smallest absolute Gasteiger partial charge is 0.0794 e. The van der Waals surface area contributed by atoms with Gasteiger partial charge in [-0.15, -0.1) is 11.3 Å². The largest absolute Gasteiger partial charge is 0.326 e. The number of aromatic nitrogens is 1. The first kappa shape index (κ1) is 11.6. The van der Waals surface area contributed by atoms with E-state index in [4.69, 9.17) is 5.73 Å². The van der Waals surface area contributed by atoms with Crippen LogP contribution in [0, 0.1) is 0 Å². The first-order valence-electron chi connectivity index (χ1n) is 4.75. The van der Waals surface area contributed by atoms with Crippen LogP contribution in [0.3, 0.4) is 0 Å². The van der Waals surface area contributed by atoms with E-state index < -0.39 is 0 Å². The topological polar surface area (TPSA) is 42.1 Å². The van der Waals surface area contributed by atoms with Crippen molar-refractivity contribution in [3.8, 4) is 0 Å². The van der Waals surface area contributed by atoms with Gasteiger partial charge in [0.05, 0.1) is 5.51 Å². The number of rotatable bonds is 4. The highest BCUT2D eigenvalue weighted by Gasteiger charge is 2.28. The molecular weight excluding hydrogens is 194 g/mol. The summed E-state index contributed by atoms with van der Waals surface area (Å²) in [5.41, 5.74) is 8.05. The van der Waals surface area contributed by atoms with E-state index in [0.29, 0.717) is 0 Å². The highest BCUT2D eigenvalue weighted by molar-refractivity contribution is 7.09. The molecule has 0 bridgehead atoms. The SMILES string of the molecule is CN(C)C(C)(C)C(N)Cc1cncs1. The van der Waals surface area contributed by atoms with Crippen LogP contribution in [0.4, 0.5) is 0 Å². The van der Waals surface area contributed by atoms with Gasteiger partial charge in [0.15, 0.2) is 0 Å². The van der Waals surface area contributed by atoms with E-state index >= 15 is 0 Å². The molecule has 14 heavy (non-hydrogen) atoms. The normalized spacial score (nSPS) is 14.7. The molecule has 1 rings (SSSR count). The first-order valence-corrected chi connectivity index (χ1v) is 5.63. The molecule has 0 saturated heterocycles. The van der Waals surface area contributed by atoms with Gasteiger partial charge in [0.25, 0.3) is 0 Å². The Morgan fingerprint density at radius 1 is 1.57 bits per heavy atom. The lowest BCUT2D eigenvalue weighted by Gasteiger charge is -2.37. The molecule has 0 saturated carbocycles. The van der Waals surface area contributed by atoms with Crippen molar-refractivity contribution in [1.82, 2.24) is 9.88 Å². The van der Waals surface area contributed by atoms with Gasteiger partial charge in [-0.3, -0.25) is 4.98 Å². The van der Waals surface area contributed by atoms with Crippen LogP contribution in [0.5, 0.6) is 0 Å². The van der Waals surface area contributed by atoms with Gasteiger partial charge in [-0.1, -0.05) is 0 Å². The maximum atomic E-state index is 6.18. The van der Waals surface area contributed by atoms with E-state index in [1.54, 1.807) is 11.3 Å². The van der Waals surface area contributed by atoms with Crippen LogP contribution in [0.15, 0.2) is 11.7 Å². The average Bonchev–Trinajstić information content (AvgIpc) is 2.56. The van der Waals surface area contributed by atoms with Gasteiger partial charge < -0.3 is 10.6 Å². The molecule has 3 nitrogen and oxygen atoms in total. The molecule has 0 fully saturated rings. The van der Waals surface area contributed by atoms with Crippen molar-refractivity contribution in [3.05, 3.63) is 16.6 Å². The van der Waals surface area contributed by atoms with Gasteiger partial charge in [0.1, 0.15) is 0 Å². The van der Waals surface area contributed by atoms with Gasteiger partial charge in [-0.2, -0.15) is 0 Å². The average molecular weight is 213 g/mol. The van der Waals surface area contributed by atoms with E-state index in [2.05, 4.69) is 37.8 Å². The summed E-state index contributed by atoms with van der Waals surface area (Å²) in [4.78, 5) is 7.47. The minimum absolute atomic E-state index is 0.0178. The summed E-state index contributed by atoms with van der Waals surface area (Å²) in [7, 11) is 4.12. The molecule has 0 aromatic carbocycles. The molecule has 0 aliphatic rings. The zero-order valence-electron chi connectivity index (χ0n) is 9.32. The van der Waals surface area contributed by atoms with Crippen molar-refractivity contribution in [3.63, 3.8) is 0 Å². The molecule has 80 valence electrons. The molecule has 2 N–H and O–H groups in total. The van der Waals surface area contributed by atoms with Gasteiger partial charge in [0, 0.05) is 29.1 Å². The summed E-state index contributed by atoms with van der Waals surface area (Å²) in [5, 5.41) is 0. The summed E-state index contributed by atoms with van der Waals surface area (Å²) >= 11 is 1.67. The summed E-state index contributed by atoms with van der Waals surface area (Å²) < 4.78 is 0. The zero-order chi connectivity index (χ0) is 10.8. The van der Waals surface area contributed by atoms with Crippen molar-refractivity contribution < 1.29 is 0 Å². The number of hydrogen-bond donors (Lipinski definition) is 1. The second kappa shape index (κ2) is 4.38. The Labute approximate surface area is 89.9 Å². The van der Waals surface area contributed by atoms with Gasteiger partial charge >= 0.3 is 0 Å². The van der Waals surface area contributed by atoms with Crippen LogP contribution in [0.2, 0.25) is 0 Å². The maximum absolute atomic E-state index is 6.18. The summed E-state index contributed by atoms with van der Waals surface area (Å²) in [5.74, 6) is 0. The van der Waals surface area contributed by atoms with Gasteiger partial charge in [0.2, 0.25) is 0 Å². The van der Waals surface area contributed by atoms with E-state index in [-0.39, 0.29) is 11.6 Å². The Morgan fingerprint density at radius 3 is 2.64 bits per heavy atom. The van der Waals surface area contributed by atoms with Crippen molar-refractivity contribution in [2.45, 2.75) is 31.8 Å². The molecule has 1 unspecified atom stereocenters. The number of nitrogens with zero attached hydrogens (tertiary/aromatic N) is 2.